The first-order chi connectivity index (χ1) is 12.5. The Morgan fingerprint density at radius 2 is 1.00 bits per heavy atom. The summed E-state index contributed by atoms with van der Waals surface area (Å²) in [5.74, 6) is 1.37. The summed E-state index contributed by atoms with van der Waals surface area (Å²) in [5, 5.41) is 0. The second-order valence-corrected chi connectivity index (χ2v) is 8.32. The normalized spacial score (nSPS) is 20.7. The van der Waals surface area contributed by atoms with Crippen LogP contribution in [0.4, 0.5) is 0 Å². The van der Waals surface area contributed by atoms with Crippen LogP contribution in [0.5, 0.6) is 0 Å². The van der Waals surface area contributed by atoms with Crippen molar-refractivity contribution in [3.8, 4) is 0 Å². The van der Waals surface area contributed by atoms with Crippen LogP contribution in [0, 0.1) is 11.8 Å². The van der Waals surface area contributed by atoms with Crippen LogP contribution in [0.15, 0.2) is 48.5 Å². The summed E-state index contributed by atoms with van der Waals surface area (Å²) in [6.07, 6.45) is 2.33. The van der Waals surface area contributed by atoms with Crippen LogP contribution in [0.25, 0.3) is 0 Å². The van der Waals surface area contributed by atoms with E-state index in [0.29, 0.717) is 25.0 Å². The highest BCUT2D eigenvalue weighted by Crippen LogP contribution is 2.30. The number of rotatable bonds is 6. The van der Waals surface area contributed by atoms with Crippen LogP contribution in [0.1, 0.15) is 62.2 Å². The van der Waals surface area contributed by atoms with Crippen LogP contribution in [-0.4, -0.2) is 13.2 Å². The van der Waals surface area contributed by atoms with E-state index in [2.05, 4.69) is 76.2 Å². The van der Waals surface area contributed by atoms with Gasteiger partial charge in [-0.3, -0.25) is 0 Å². The first-order valence-corrected chi connectivity index (χ1v) is 9.92. The van der Waals surface area contributed by atoms with Gasteiger partial charge < -0.3 is 9.47 Å². The minimum absolute atomic E-state index is 0.0413. The highest BCUT2D eigenvalue weighted by molar-refractivity contribution is 5.27. The summed E-state index contributed by atoms with van der Waals surface area (Å²) < 4.78 is 12.2. The molecule has 1 aliphatic rings. The third kappa shape index (κ3) is 5.18. The maximum atomic E-state index is 6.12. The van der Waals surface area contributed by atoms with E-state index < -0.39 is 0 Å². The van der Waals surface area contributed by atoms with E-state index in [-0.39, 0.29) is 12.2 Å². The lowest BCUT2D eigenvalue weighted by Gasteiger charge is -2.30. The van der Waals surface area contributed by atoms with Gasteiger partial charge in [-0.2, -0.15) is 0 Å². The first kappa shape index (κ1) is 19.1. The SMILES string of the molecule is CC(C)Cc1ccc([C@@H]2CO[C@@H](c3ccc(CC(C)C)cc3)CO2)cc1. The zero-order valence-corrected chi connectivity index (χ0v) is 16.6. The Hall–Kier alpha value is -1.64. The molecule has 1 fully saturated rings. The number of ether oxygens (including phenoxy) is 2. The van der Waals surface area contributed by atoms with Crippen molar-refractivity contribution in [1.29, 1.82) is 0 Å². The molecule has 2 aromatic carbocycles. The van der Waals surface area contributed by atoms with E-state index in [1.807, 2.05) is 0 Å². The van der Waals surface area contributed by atoms with Gasteiger partial charge in [0.1, 0.15) is 12.2 Å². The van der Waals surface area contributed by atoms with E-state index in [0.717, 1.165) is 12.8 Å². The van der Waals surface area contributed by atoms with E-state index >= 15 is 0 Å². The van der Waals surface area contributed by atoms with Crippen molar-refractivity contribution in [3.05, 3.63) is 70.8 Å². The Morgan fingerprint density at radius 3 is 1.27 bits per heavy atom. The van der Waals surface area contributed by atoms with Crippen LogP contribution in [0.3, 0.4) is 0 Å². The summed E-state index contributed by atoms with van der Waals surface area (Å²) in [4.78, 5) is 0. The lowest BCUT2D eigenvalue weighted by Crippen LogP contribution is -2.25. The molecule has 0 aliphatic carbocycles. The quantitative estimate of drug-likeness (QED) is 0.643. The maximum Gasteiger partial charge on any atom is 0.106 e. The molecule has 0 spiro atoms. The predicted molar refractivity (Wildman–Crippen MR) is 107 cm³/mol. The van der Waals surface area contributed by atoms with Crippen molar-refractivity contribution in [1.82, 2.24) is 0 Å². The second kappa shape index (κ2) is 8.83. The molecule has 0 radical (unpaired) electrons. The molecule has 1 heterocycles. The van der Waals surface area contributed by atoms with Gasteiger partial charge in [0.15, 0.2) is 0 Å². The van der Waals surface area contributed by atoms with Gasteiger partial charge >= 0.3 is 0 Å². The summed E-state index contributed by atoms with van der Waals surface area (Å²) in [5.41, 5.74) is 5.20. The summed E-state index contributed by atoms with van der Waals surface area (Å²) in [6, 6.07) is 17.6. The molecule has 2 heteroatoms. The molecule has 0 N–H and O–H groups in total. The average molecular weight is 353 g/mol. The highest BCUT2D eigenvalue weighted by Gasteiger charge is 2.24. The Kier molecular flexibility index (Phi) is 6.50. The van der Waals surface area contributed by atoms with Gasteiger partial charge in [-0.1, -0.05) is 76.2 Å². The fourth-order valence-electron chi connectivity index (χ4n) is 3.57. The molecule has 2 atom stereocenters. The van der Waals surface area contributed by atoms with Crippen molar-refractivity contribution < 1.29 is 9.47 Å². The smallest absolute Gasteiger partial charge is 0.106 e. The Bertz CT molecular complexity index is 601. The standard InChI is InChI=1S/C24H32O2/c1-17(2)13-19-5-9-21(10-6-19)23-15-26-24(16-25-23)22-11-7-20(8-12-22)14-18(3)4/h5-12,17-18,23-24H,13-16H2,1-4H3/t23-,24+. The third-order valence-electron chi connectivity index (χ3n) is 4.89. The van der Waals surface area contributed by atoms with Gasteiger partial charge in [0.05, 0.1) is 13.2 Å². The summed E-state index contributed by atoms with van der Waals surface area (Å²) in [7, 11) is 0. The topological polar surface area (TPSA) is 18.5 Å². The van der Waals surface area contributed by atoms with Crippen molar-refractivity contribution >= 4 is 0 Å². The predicted octanol–water partition coefficient (Wildman–Crippen LogP) is 5.91. The zero-order valence-electron chi connectivity index (χ0n) is 16.6. The molecule has 1 saturated heterocycles. The van der Waals surface area contributed by atoms with Gasteiger partial charge in [-0.25, -0.2) is 0 Å². The van der Waals surface area contributed by atoms with Crippen molar-refractivity contribution in [2.75, 3.05) is 13.2 Å². The molecule has 1 aliphatic heterocycles. The van der Waals surface area contributed by atoms with E-state index in [9.17, 15) is 0 Å². The summed E-state index contributed by atoms with van der Waals surface area (Å²) >= 11 is 0. The van der Waals surface area contributed by atoms with Crippen LogP contribution in [-0.2, 0) is 22.3 Å². The molecule has 3 rings (SSSR count). The van der Waals surface area contributed by atoms with Gasteiger partial charge in [-0.15, -0.1) is 0 Å². The highest BCUT2D eigenvalue weighted by atomic mass is 16.6. The molecule has 140 valence electrons. The van der Waals surface area contributed by atoms with E-state index in [1.165, 1.54) is 22.3 Å². The average Bonchev–Trinajstić information content (AvgIpc) is 2.62. The molecule has 0 bridgehead atoms. The van der Waals surface area contributed by atoms with Crippen LogP contribution in [0.2, 0.25) is 0 Å². The first-order valence-electron chi connectivity index (χ1n) is 9.92. The van der Waals surface area contributed by atoms with Gasteiger partial charge in [0.25, 0.3) is 0 Å². The van der Waals surface area contributed by atoms with E-state index in [1.54, 1.807) is 0 Å². The van der Waals surface area contributed by atoms with E-state index in [4.69, 9.17) is 9.47 Å². The molecule has 0 unspecified atom stereocenters. The minimum atomic E-state index is 0.0413. The molecule has 2 aromatic rings. The third-order valence-corrected chi connectivity index (χ3v) is 4.89. The minimum Gasteiger partial charge on any atom is -0.368 e. The van der Waals surface area contributed by atoms with Crippen molar-refractivity contribution in [2.45, 2.75) is 52.7 Å². The van der Waals surface area contributed by atoms with Crippen LogP contribution < -0.4 is 0 Å². The van der Waals surface area contributed by atoms with Crippen LogP contribution >= 0.6 is 0 Å². The molecular formula is C24H32O2. The number of hydrogen-bond acceptors (Lipinski definition) is 2. The Labute approximate surface area is 158 Å². The zero-order chi connectivity index (χ0) is 18.5. The van der Waals surface area contributed by atoms with Gasteiger partial charge in [-0.05, 0) is 46.9 Å². The largest absolute Gasteiger partial charge is 0.368 e. The molecule has 26 heavy (non-hydrogen) atoms. The lowest BCUT2D eigenvalue weighted by molar-refractivity contribution is -0.137. The van der Waals surface area contributed by atoms with Crippen molar-refractivity contribution in [3.63, 3.8) is 0 Å². The van der Waals surface area contributed by atoms with Gasteiger partial charge in [0, 0.05) is 0 Å². The number of hydrogen-bond donors (Lipinski definition) is 0. The Morgan fingerprint density at radius 1 is 0.654 bits per heavy atom. The lowest BCUT2D eigenvalue weighted by atomic mass is 9.99. The maximum absolute atomic E-state index is 6.12. The fourth-order valence-corrected chi connectivity index (χ4v) is 3.57. The molecular weight excluding hydrogens is 320 g/mol. The Balaban J connectivity index is 1.55. The second-order valence-electron chi connectivity index (χ2n) is 8.32. The summed E-state index contributed by atoms with van der Waals surface area (Å²) in [6.45, 7) is 10.2. The molecule has 0 saturated carbocycles. The van der Waals surface area contributed by atoms with Crippen molar-refractivity contribution in [2.24, 2.45) is 11.8 Å². The van der Waals surface area contributed by atoms with Gasteiger partial charge in [0.2, 0.25) is 0 Å². The molecule has 0 amide bonds. The molecule has 2 nitrogen and oxygen atoms in total. The monoisotopic (exact) mass is 352 g/mol. The number of benzene rings is 2. The fraction of sp³-hybridized carbons (Fsp3) is 0.500. The molecule has 0 aromatic heterocycles.